The molecule has 1 saturated heterocycles. The number of nitrogens with zero attached hydrogens (tertiary/aromatic N) is 1. The van der Waals surface area contributed by atoms with Gasteiger partial charge in [-0.15, -0.1) is 0 Å². The lowest BCUT2D eigenvalue weighted by Gasteiger charge is -2.35. The van der Waals surface area contributed by atoms with Crippen LogP contribution in [0.3, 0.4) is 0 Å². The lowest BCUT2D eigenvalue weighted by Crippen LogP contribution is -2.47. The average molecular weight is 218 g/mol. The number of aryl methyl sites for hydroxylation is 1. The van der Waals surface area contributed by atoms with Crippen molar-refractivity contribution >= 4 is 5.69 Å². The van der Waals surface area contributed by atoms with Gasteiger partial charge in [0.1, 0.15) is 0 Å². The molecule has 2 nitrogen and oxygen atoms in total. The predicted octanol–water partition coefficient (Wildman–Crippen LogP) is 2.29. The van der Waals surface area contributed by atoms with Gasteiger partial charge in [-0.1, -0.05) is 24.6 Å². The maximum absolute atomic E-state index is 3.34. The fourth-order valence-corrected chi connectivity index (χ4v) is 2.20. The Balaban J connectivity index is 1.91. The minimum absolute atomic E-state index is 0.771. The molecule has 1 fully saturated rings. The summed E-state index contributed by atoms with van der Waals surface area (Å²) in [6.45, 7) is 8.03. The van der Waals surface area contributed by atoms with Gasteiger partial charge in [0, 0.05) is 19.3 Å². The predicted molar refractivity (Wildman–Crippen MR) is 70.0 cm³/mol. The largest absolute Gasteiger partial charge is 0.374 e. The number of nitrogens with one attached hydrogen (secondary N) is 1. The van der Waals surface area contributed by atoms with E-state index in [1.165, 1.54) is 24.3 Å². The molecule has 1 unspecified atom stereocenters. The first kappa shape index (κ1) is 11.5. The van der Waals surface area contributed by atoms with E-state index in [0.29, 0.717) is 0 Å². The van der Waals surface area contributed by atoms with Crippen LogP contribution >= 0.6 is 0 Å². The highest BCUT2D eigenvalue weighted by molar-refractivity contribution is 5.46. The van der Waals surface area contributed by atoms with Crippen molar-refractivity contribution in [1.82, 2.24) is 5.32 Å². The lowest BCUT2D eigenvalue weighted by atomic mass is 9.88. The van der Waals surface area contributed by atoms with Crippen molar-refractivity contribution in [3.63, 3.8) is 0 Å². The molecule has 1 aromatic rings. The second-order valence-corrected chi connectivity index (χ2v) is 5.11. The van der Waals surface area contributed by atoms with Gasteiger partial charge in [-0.25, -0.2) is 0 Å². The van der Waals surface area contributed by atoms with E-state index in [4.69, 9.17) is 0 Å². The topological polar surface area (TPSA) is 15.3 Å². The molecule has 1 atom stereocenters. The first-order valence-electron chi connectivity index (χ1n) is 6.15. The Morgan fingerprint density at radius 3 is 2.44 bits per heavy atom. The number of benzene rings is 1. The molecule has 0 bridgehead atoms. The molecule has 88 valence electrons. The Morgan fingerprint density at radius 2 is 1.94 bits per heavy atom. The van der Waals surface area contributed by atoms with Crippen molar-refractivity contribution in [3.05, 3.63) is 29.8 Å². The van der Waals surface area contributed by atoms with Crippen molar-refractivity contribution in [2.75, 3.05) is 31.6 Å². The van der Waals surface area contributed by atoms with E-state index in [9.17, 15) is 0 Å². The molecule has 0 aliphatic carbocycles. The minimum atomic E-state index is 0.771. The van der Waals surface area contributed by atoms with Gasteiger partial charge in [0.25, 0.3) is 0 Å². The van der Waals surface area contributed by atoms with Gasteiger partial charge >= 0.3 is 0 Å². The molecule has 1 aliphatic heterocycles. The molecule has 1 aliphatic rings. The Bertz CT molecular complexity index is 327. The van der Waals surface area contributed by atoms with Crippen molar-refractivity contribution in [1.29, 1.82) is 0 Å². The normalized spacial score (nSPS) is 17.9. The van der Waals surface area contributed by atoms with Gasteiger partial charge < -0.3 is 10.2 Å². The highest BCUT2D eigenvalue weighted by Crippen LogP contribution is 2.20. The number of rotatable bonds is 4. The molecule has 1 heterocycles. The third-order valence-electron chi connectivity index (χ3n) is 3.65. The molecule has 0 saturated carbocycles. The van der Waals surface area contributed by atoms with Gasteiger partial charge in [-0.2, -0.15) is 0 Å². The molecular weight excluding hydrogens is 196 g/mol. The summed E-state index contributed by atoms with van der Waals surface area (Å²) < 4.78 is 0. The Hall–Kier alpha value is -1.02. The SMILES string of the molecule is Cc1ccc(N(C)CC(C)C2CNC2)cc1. The molecule has 0 spiro atoms. The van der Waals surface area contributed by atoms with Crippen LogP contribution in [0.5, 0.6) is 0 Å². The summed E-state index contributed by atoms with van der Waals surface area (Å²) in [6.07, 6.45) is 0. The summed E-state index contributed by atoms with van der Waals surface area (Å²) >= 11 is 0. The van der Waals surface area contributed by atoms with Gasteiger partial charge in [0.05, 0.1) is 0 Å². The Morgan fingerprint density at radius 1 is 1.31 bits per heavy atom. The highest BCUT2D eigenvalue weighted by Gasteiger charge is 2.24. The average Bonchev–Trinajstić information content (AvgIpc) is 2.15. The molecule has 0 aromatic heterocycles. The summed E-state index contributed by atoms with van der Waals surface area (Å²) in [5, 5.41) is 3.34. The zero-order chi connectivity index (χ0) is 11.5. The molecule has 1 aromatic carbocycles. The van der Waals surface area contributed by atoms with Crippen molar-refractivity contribution in [3.8, 4) is 0 Å². The molecule has 2 rings (SSSR count). The van der Waals surface area contributed by atoms with E-state index in [0.717, 1.165) is 18.4 Å². The summed E-state index contributed by atoms with van der Waals surface area (Å²) in [6, 6.07) is 8.78. The number of anilines is 1. The van der Waals surface area contributed by atoms with Crippen LogP contribution in [0.1, 0.15) is 12.5 Å². The van der Waals surface area contributed by atoms with Crippen LogP contribution in [0.15, 0.2) is 24.3 Å². The van der Waals surface area contributed by atoms with Crippen LogP contribution in [0.4, 0.5) is 5.69 Å². The van der Waals surface area contributed by atoms with Gasteiger partial charge in [-0.05, 0) is 44.0 Å². The van der Waals surface area contributed by atoms with Crippen molar-refractivity contribution in [2.24, 2.45) is 11.8 Å². The molecular formula is C14H22N2. The quantitative estimate of drug-likeness (QED) is 0.834. The van der Waals surface area contributed by atoms with Crippen LogP contribution in [-0.2, 0) is 0 Å². The smallest absolute Gasteiger partial charge is 0.0363 e. The monoisotopic (exact) mass is 218 g/mol. The van der Waals surface area contributed by atoms with Crippen LogP contribution in [-0.4, -0.2) is 26.7 Å². The third-order valence-corrected chi connectivity index (χ3v) is 3.65. The lowest BCUT2D eigenvalue weighted by molar-refractivity contribution is 0.252. The Labute approximate surface area is 98.7 Å². The van der Waals surface area contributed by atoms with Crippen LogP contribution in [0, 0.1) is 18.8 Å². The summed E-state index contributed by atoms with van der Waals surface area (Å²) in [7, 11) is 2.19. The minimum Gasteiger partial charge on any atom is -0.374 e. The molecule has 0 radical (unpaired) electrons. The first-order valence-corrected chi connectivity index (χ1v) is 6.15. The Kier molecular flexibility index (Phi) is 3.49. The maximum Gasteiger partial charge on any atom is 0.0363 e. The third kappa shape index (κ3) is 2.56. The van der Waals surface area contributed by atoms with E-state index in [-0.39, 0.29) is 0 Å². The molecule has 2 heteroatoms. The van der Waals surface area contributed by atoms with E-state index < -0.39 is 0 Å². The molecule has 16 heavy (non-hydrogen) atoms. The number of hydrogen-bond acceptors (Lipinski definition) is 2. The second kappa shape index (κ2) is 4.88. The fourth-order valence-electron chi connectivity index (χ4n) is 2.20. The standard InChI is InChI=1S/C14H22N2/c1-11-4-6-14(7-5-11)16(3)10-12(2)13-8-15-9-13/h4-7,12-13,15H,8-10H2,1-3H3. The molecule has 1 N–H and O–H groups in total. The van der Waals surface area contributed by atoms with Gasteiger partial charge in [-0.3, -0.25) is 0 Å². The van der Waals surface area contributed by atoms with E-state index in [1.807, 2.05) is 0 Å². The molecule has 0 amide bonds. The highest BCUT2D eigenvalue weighted by atomic mass is 15.1. The number of hydrogen-bond donors (Lipinski definition) is 1. The van der Waals surface area contributed by atoms with E-state index in [2.05, 4.69) is 55.4 Å². The van der Waals surface area contributed by atoms with E-state index in [1.54, 1.807) is 0 Å². The second-order valence-electron chi connectivity index (χ2n) is 5.11. The van der Waals surface area contributed by atoms with Crippen LogP contribution < -0.4 is 10.2 Å². The van der Waals surface area contributed by atoms with Gasteiger partial charge in [0.2, 0.25) is 0 Å². The van der Waals surface area contributed by atoms with Crippen LogP contribution in [0.25, 0.3) is 0 Å². The fraction of sp³-hybridized carbons (Fsp3) is 0.571. The van der Waals surface area contributed by atoms with Gasteiger partial charge in [0.15, 0.2) is 0 Å². The maximum atomic E-state index is 3.34. The summed E-state index contributed by atoms with van der Waals surface area (Å²) in [5.74, 6) is 1.64. The summed E-state index contributed by atoms with van der Waals surface area (Å²) in [4.78, 5) is 2.36. The van der Waals surface area contributed by atoms with Crippen molar-refractivity contribution in [2.45, 2.75) is 13.8 Å². The van der Waals surface area contributed by atoms with E-state index >= 15 is 0 Å². The zero-order valence-electron chi connectivity index (χ0n) is 10.5. The van der Waals surface area contributed by atoms with Crippen LogP contribution in [0.2, 0.25) is 0 Å². The zero-order valence-corrected chi connectivity index (χ0v) is 10.5. The first-order chi connectivity index (χ1) is 7.66. The summed E-state index contributed by atoms with van der Waals surface area (Å²) in [5.41, 5.74) is 2.65. The van der Waals surface area contributed by atoms with Crippen molar-refractivity contribution < 1.29 is 0 Å².